The first-order chi connectivity index (χ1) is 19.5. The Morgan fingerprint density at radius 3 is 1.90 bits per heavy atom. The monoisotopic (exact) mass is 565 g/mol. The first kappa shape index (κ1) is 32.5. The fourth-order valence-electron chi connectivity index (χ4n) is 7.41. The van der Waals surface area contributed by atoms with Crippen LogP contribution >= 0.6 is 0 Å². The van der Waals surface area contributed by atoms with Crippen LogP contribution in [0.2, 0.25) is 0 Å². The molecule has 41 heavy (non-hydrogen) atoms. The number of rotatable bonds is 10. The van der Waals surface area contributed by atoms with Crippen LogP contribution in [0.1, 0.15) is 96.6 Å². The summed E-state index contributed by atoms with van der Waals surface area (Å²) in [5, 5.41) is 20.7. The molecule has 0 radical (unpaired) electrons. The zero-order valence-corrected chi connectivity index (χ0v) is 26.0. The smallest absolute Gasteiger partial charge is 0.312 e. The molecular weight excluding hydrogens is 514 g/mol. The second kappa shape index (κ2) is 14.2. The number of hydrogen-bond donors (Lipinski definition) is 3. The number of carboxylic acid groups (broad SMARTS) is 1. The van der Waals surface area contributed by atoms with Crippen LogP contribution in [-0.4, -0.2) is 35.8 Å². The quantitative estimate of drug-likeness (QED) is 0.199. The lowest BCUT2D eigenvalue weighted by molar-refractivity contribution is -0.149. The summed E-state index contributed by atoms with van der Waals surface area (Å²) in [7, 11) is 1.53. The van der Waals surface area contributed by atoms with Gasteiger partial charge in [-0.25, -0.2) is 0 Å². The van der Waals surface area contributed by atoms with Crippen LogP contribution in [0.4, 0.5) is 5.69 Å². The third kappa shape index (κ3) is 7.07. The molecular formula is C35H51NO5. The predicted molar refractivity (Wildman–Crippen MR) is 165 cm³/mol. The maximum absolute atomic E-state index is 11.7. The molecule has 2 aromatic carbocycles. The van der Waals surface area contributed by atoms with Crippen molar-refractivity contribution in [2.45, 2.75) is 85.5 Å². The molecule has 0 saturated heterocycles. The van der Waals surface area contributed by atoms with Crippen molar-refractivity contribution in [2.75, 3.05) is 19.0 Å². The minimum atomic E-state index is -0.737. The molecule has 6 nitrogen and oxygen atoms in total. The van der Waals surface area contributed by atoms with E-state index in [0.717, 1.165) is 30.4 Å². The van der Waals surface area contributed by atoms with Gasteiger partial charge in [0.1, 0.15) is 5.75 Å². The van der Waals surface area contributed by atoms with E-state index in [2.05, 4.69) is 71.1 Å². The van der Waals surface area contributed by atoms with Crippen LogP contribution in [0, 0.1) is 35.0 Å². The van der Waals surface area contributed by atoms with E-state index in [1.807, 2.05) is 12.1 Å². The van der Waals surface area contributed by atoms with E-state index in [0.29, 0.717) is 48.3 Å². The summed E-state index contributed by atoms with van der Waals surface area (Å²) in [6.45, 7) is 14.0. The van der Waals surface area contributed by atoms with Gasteiger partial charge in [0.15, 0.2) is 0 Å². The predicted octanol–water partition coefficient (Wildman–Crippen LogP) is 8.08. The highest BCUT2D eigenvalue weighted by Gasteiger charge is 2.84. The zero-order chi connectivity index (χ0) is 30.3. The molecule has 2 aromatic rings. The fourth-order valence-corrected chi connectivity index (χ4v) is 7.41. The molecule has 8 unspecified atom stereocenters. The number of nitrogens with one attached hydrogen (secondary N) is 1. The van der Waals surface area contributed by atoms with Gasteiger partial charge in [0.25, 0.3) is 0 Å². The number of esters is 1. The molecule has 6 rings (SSSR count). The molecule has 4 saturated carbocycles. The second-order valence-corrected chi connectivity index (χ2v) is 12.4. The number of aromatic hydroxyl groups is 1. The fraction of sp³-hybridized carbons (Fsp3) is 0.600. The van der Waals surface area contributed by atoms with Crippen LogP contribution < -0.4 is 5.32 Å². The van der Waals surface area contributed by atoms with Gasteiger partial charge in [0, 0.05) is 18.7 Å². The van der Waals surface area contributed by atoms with Crippen molar-refractivity contribution in [1.82, 2.24) is 0 Å². The normalized spacial score (nSPS) is 27.8. The number of phenolic OH excluding ortho intramolecular Hbond substituents is 1. The first-order valence-corrected chi connectivity index (χ1v) is 15.5. The molecule has 4 fully saturated rings. The molecule has 3 N–H and O–H groups in total. The lowest BCUT2D eigenvalue weighted by Crippen LogP contribution is -2.24. The Balaban J connectivity index is 0.000000173. The maximum atomic E-state index is 11.7. The third-order valence-electron chi connectivity index (χ3n) is 10.3. The average molecular weight is 566 g/mol. The summed E-state index contributed by atoms with van der Waals surface area (Å²) in [5.41, 5.74) is 3.68. The van der Waals surface area contributed by atoms with Gasteiger partial charge in [0.2, 0.25) is 0 Å². The van der Waals surface area contributed by atoms with Crippen molar-refractivity contribution in [2.24, 2.45) is 35.0 Å². The van der Waals surface area contributed by atoms with Gasteiger partial charge < -0.3 is 20.3 Å². The van der Waals surface area contributed by atoms with Crippen LogP contribution in [0.5, 0.6) is 5.75 Å². The number of ether oxygens (including phenoxy) is 1. The second-order valence-electron chi connectivity index (χ2n) is 12.4. The summed E-state index contributed by atoms with van der Waals surface area (Å²) >= 11 is 0. The molecule has 0 heterocycles. The maximum Gasteiger partial charge on any atom is 0.312 e. The molecule has 0 amide bonds. The van der Waals surface area contributed by atoms with Crippen molar-refractivity contribution >= 4 is 17.6 Å². The Kier molecular flexibility index (Phi) is 11.3. The van der Waals surface area contributed by atoms with Crippen LogP contribution in [0.15, 0.2) is 48.5 Å². The minimum absolute atomic E-state index is 0.0289. The van der Waals surface area contributed by atoms with Crippen LogP contribution in [-0.2, 0) is 14.3 Å². The van der Waals surface area contributed by atoms with E-state index in [4.69, 9.17) is 14.9 Å². The number of methoxy groups -OCH3 is 1. The molecule has 0 aliphatic heterocycles. The Morgan fingerprint density at radius 1 is 0.976 bits per heavy atom. The topological polar surface area (TPSA) is 95.9 Å². The summed E-state index contributed by atoms with van der Waals surface area (Å²) in [5.74, 6) is 4.34. The number of carbonyl (C=O) groups excluding carboxylic acids is 1. The summed E-state index contributed by atoms with van der Waals surface area (Å²) in [6, 6.07) is 15.8. The van der Waals surface area contributed by atoms with Crippen molar-refractivity contribution in [1.29, 1.82) is 0 Å². The Bertz CT molecular complexity index is 1130. The minimum Gasteiger partial charge on any atom is -0.508 e. The highest BCUT2D eigenvalue weighted by atomic mass is 16.5. The number of hydrogen-bond acceptors (Lipinski definition) is 5. The highest BCUT2D eigenvalue weighted by molar-refractivity contribution is 5.83. The number of carbonyl (C=O) groups is 2. The van der Waals surface area contributed by atoms with Gasteiger partial charge in [-0.1, -0.05) is 65.8 Å². The lowest BCUT2D eigenvalue weighted by Gasteiger charge is -2.16. The van der Waals surface area contributed by atoms with Gasteiger partial charge in [-0.05, 0) is 103 Å². The molecule has 4 bridgehead atoms. The van der Waals surface area contributed by atoms with Crippen molar-refractivity contribution in [3.8, 4) is 5.75 Å². The van der Waals surface area contributed by atoms with Crippen molar-refractivity contribution < 1.29 is 24.5 Å². The zero-order valence-electron chi connectivity index (χ0n) is 26.0. The Hall–Kier alpha value is -3.02. The lowest BCUT2D eigenvalue weighted by atomic mass is 9.90. The Morgan fingerprint density at radius 2 is 1.51 bits per heavy atom. The first-order valence-electron chi connectivity index (χ1n) is 15.5. The summed E-state index contributed by atoms with van der Waals surface area (Å²) in [4.78, 5) is 22.1. The van der Waals surface area contributed by atoms with Gasteiger partial charge in [-0.2, -0.15) is 0 Å². The van der Waals surface area contributed by atoms with E-state index in [1.165, 1.54) is 24.7 Å². The molecule has 226 valence electrons. The number of benzene rings is 2. The molecule has 4 aliphatic rings. The number of anilines is 1. The van der Waals surface area contributed by atoms with E-state index in [-0.39, 0.29) is 17.8 Å². The van der Waals surface area contributed by atoms with Crippen LogP contribution in [0.25, 0.3) is 0 Å². The standard InChI is InChI=1S/C14H21NO2.C11H16O2.C10H14O/c1-3-11(2)12-6-8-13(9-7-12)15-10-4-5-14(16)17;1-5-7-4-8-9(5)11(8,6(7)2)10(12)13-3;1-3-8(2)9-4-6-10(11)7-5-9/h6-9,11,15H,3-5,10H2,1-2H3,(H,16,17);5-9H,4H2,1-3H3;4-8,11H,3H2,1-2H3. The van der Waals surface area contributed by atoms with E-state index < -0.39 is 5.97 Å². The molecule has 4 aliphatic carbocycles. The average Bonchev–Trinajstić information content (AvgIpc) is 3.27. The molecule has 0 aromatic heterocycles. The highest BCUT2D eigenvalue weighted by Crippen LogP contribution is 2.83. The largest absolute Gasteiger partial charge is 0.508 e. The van der Waals surface area contributed by atoms with Gasteiger partial charge in [-0.15, -0.1) is 0 Å². The van der Waals surface area contributed by atoms with Gasteiger partial charge in [-0.3, -0.25) is 9.59 Å². The van der Waals surface area contributed by atoms with Crippen molar-refractivity contribution in [3.05, 3.63) is 59.7 Å². The Labute approximate surface area is 246 Å². The molecule has 6 heteroatoms. The summed E-state index contributed by atoms with van der Waals surface area (Å²) < 4.78 is 4.96. The number of phenols is 1. The molecule has 0 spiro atoms. The van der Waals surface area contributed by atoms with E-state index in [1.54, 1.807) is 12.1 Å². The van der Waals surface area contributed by atoms with E-state index in [9.17, 15) is 9.59 Å². The number of aliphatic carboxylic acids is 1. The van der Waals surface area contributed by atoms with Crippen molar-refractivity contribution in [3.63, 3.8) is 0 Å². The van der Waals surface area contributed by atoms with E-state index >= 15 is 0 Å². The summed E-state index contributed by atoms with van der Waals surface area (Å²) in [6.07, 6.45) is 4.44. The number of carboxylic acids is 1. The molecule has 8 atom stereocenters. The SMILES string of the molecule is CCC(C)c1ccc(NCCCC(=O)O)cc1.CCC(C)c1ccc(O)cc1.COC(=O)C12C(C)C3CC1C2C3C. The van der Waals surface area contributed by atoms with Gasteiger partial charge >= 0.3 is 11.9 Å². The van der Waals surface area contributed by atoms with Crippen LogP contribution in [0.3, 0.4) is 0 Å². The van der Waals surface area contributed by atoms with Gasteiger partial charge in [0.05, 0.1) is 12.5 Å². The third-order valence-corrected chi connectivity index (χ3v) is 10.3.